The number of halogens is 2. The van der Waals surface area contributed by atoms with Gasteiger partial charge in [-0.3, -0.25) is 10.6 Å². The van der Waals surface area contributed by atoms with Crippen LogP contribution < -0.4 is 15.1 Å². The van der Waals surface area contributed by atoms with Crippen LogP contribution in [-0.2, 0) is 10.0 Å². The lowest BCUT2D eigenvalue weighted by Gasteiger charge is -2.16. The van der Waals surface area contributed by atoms with E-state index in [9.17, 15) is 18.0 Å². The van der Waals surface area contributed by atoms with Crippen LogP contribution in [0.25, 0.3) is 0 Å². The fraction of sp³-hybridized carbons (Fsp3) is 0.308. The molecule has 0 aliphatic carbocycles. The first-order chi connectivity index (χ1) is 12.8. The number of hydrogen-bond donors (Lipinski definition) is 4. The van der Waals surface area contributed by atoms with Crippen LogP contribution in [0.3, 0.4) is 0 Å². The number of nitrogens with zero attached hydrogens (tertiary/aromatic N) is 3. The minimum Gasteiger partial charge on any atom is -0.365 e. The van der Waals surface area contributed by atoms with Crippen molar-refractivity contribution in [2.24, 2.45) is 0 Å². The minimum atomic E-state index is -3.34. The maximum absolute atomic E-state index is 13.4. The van der Waals surface area contributed by atoms with Crippen LogP contribution in [0, 0.1) is 11.2 Å². The largest absolute Gasteiger partial charge is 0.365 e. The second kappa shape index (κ2) is 8.53. The van der Waals surface area contributed by atoms with Crippen LogP contribution in [0.15, 0.2) is 27.3 Å². The summed E-state index contributed by atoms with van der Waals surface area (Å²) in [5.41, 5.74) is 0.0350. The van der Waals surface area contributed by atoms with Crippen LogP contribution in [0.5, 0.6) is 0 Å². The average molecular weight is 451 g/mol. The van der Waals surface area contributed by atoms with Crippen molar-refractivity contribution in [3.63, 3.8) is 0 Å². The van der Waals surface area contributed by atoms with Gasteiger partial charge in [-0.05, 0) is 57.9 Å². The van der Waals surface area contributed by atoms with Gasteiger partial charge in [0, 0.05) is 6.54 Å². The van der Waals surface area contributed by atoms with Crippen molar-refractivity contribution in [3.8, 4) is 0 Å². The number of amidine groups is 1. The molecule has 2 aromatic rings. The van der Waals surface area contributed by atoms with Crippen molar-refractivity contribution >= 4 is 43.3 Å². The van der Waals surface area contributed by atoms with Gasteiger partial charge in [0.1, 0.15) is 5.82 Å². The fourth-order valence-corrected chi connectivity index (χ4v) is 2.96. The number of anilines is 2. The highest BCUT2D eigenvalue weighted by atomic mass is 79.9. The molecule has 0 bridgehead atoms. The molecule has 0 fully saturated rings. The number of nitrogens with one attached hydrogen (secondary N) is 3. The van der Waals surface area contributed by atoms with Gasteiger partial charge in [-0.2, -0.15) is 0 Å². The van der Waals surface area contributed by atoms with E-state index in [4.69, 9.17) is 1.41 Å². The van der Waals surface area contributed by atoms with Gasteiger partial charge in [-0.15, -0.1) is 0 Å². The van der Waals surface area contributed by atoms with Gasteiger partial charge in [-0.25, -0.2) is 27.2 Å². The first-order valence-corrected chi connectivity index (χ1v) is 9.67. The summed E-state index contributed by atoms with van der Waals surface area (Å²) < 4.78 is 50.3. The molecule has 10 nitrogen and oxygen atoms in total. The summed E-state index contributed by atoms with van der Waals surface area (Å²) in [6.07, 6.45) is 0.260. The van der Waals surface area contributed by atoms with Gasteiger partial charge in [-0.1, -0.05) is 0 Å². The Morgan fingerprint density at radius 3 is 2.96 bits per heavy atom. The molecule has 1 aromatic heterocycles. The van der Waals surface area contributed by atoms with E-state index >= 15 is 0 Å². The Kier molecular flexibility index (Phi) is 6.13. The van der Waals surface area contributed by atoms with Crippen LogP contribution in [0.2, 0.25) is 1.41 Å². The fourth-order valence-electron chi connectivity index (χ4n) is 1.86. The molecule has 0 spiro atoms. The second-order valence-electron chi connectivity index (χ2n) is 5.00. The molecule has 0 saturated carbocycles. The van der Waals surface area contributed by atoms with Crippen molar-refractivity contribution in [2.75, 3.05) is 29.7 Å². The lowest BCUT2D eigenvalue weighted by Crippen LogP contribution is -2.28. The topological polar surface area (TPSA) is 144 Å². The minimum absolute atomic E-state index is 0.0584. The van der Waals surface area contributed by atoms with E-state index in [-0.39, 0.29) is 46.2 Å². The summed E-state index contributed by atoms with van der Waals surface area (Å²) in [5, 5.41) is 24.1. The monoisotopic (exact) mass is 450 g/mol. The molecule has 4 N–H and O–H groups in total. The lowest BCUT2D eigenvalue weighted by molar-refractivity contribution is 0.300. The third kappa shape index (κ3) is 4.97. The maximum atomic E-state index is 13.4. The lowest BCUT2D eigenvalue weighted by atomic mass is 10.3. The molecule has 0 aliphatic heterocycles. The molecular weight excluding hydrogens is 435 g/mol. The molecule has 2 rings (SSSR count). The molecule has 0 radical (unpaired) electrons. The summed E-state index contributed by atoms with van der Waals surface area (Å²) in [6, 6.07) is 3.67. The maximum Gasteiger partial charge on any atom is 0.211 e. The summed E-state index contributed by atoms with van der Waals surface area (Å²) in [5.74, 6) is -0.909. The molecule has 1 heterocycles. The molecule has 26 heavy (non-hydrogen) atoms. The normalized spacial score (nSPS) is 12.8. The zero-order chi connectivity index (χ0) is 20.0. The number of benzene rings is 1. The first kappa shape index (κ1) is 18.7. The summed E-state index contributed by atoms with van der Waals surface area (Å²) >= 11 is 3.00. The van der Waals surface area contributed by atoms with Crippen LogP contribution in [0.1, 0.15) is 12.1 Å². The number of hydrogen-bond acceptors (Lipinski definition) is 8. The molecular formula is C13H16BrFN6O4S. The van der Waals surface area contributed by atoms with Gasteiger partial charge in [0.05, 0.1) is 15.9 Å². The van der Waals surface area contributed by atoms with E-state index in [1.54, 1.807) is 0 Å². The number of aromatic nitrogens is 2. The quantitative estimate of drug-likeness (QED) is 0.205. The van der Waals surface area contributed by atoms with Crippen molar-refractivity contribution in [3.05, 3.63) is 34.2 Å². The highest BCUT2D eigenvalue weighted by molar-refractivity contribution is 9.10. The van der Waals surface area contributed by atoms with Crippen molar-refractivity contribution in [2.45, 2.75) is 6.42 Å². The highest BCUT2D eigenvalue weighted by Gasteiger charge is 2.21. The van der Waals surface area contributed by atoms with E-state index < -0.39 is 15.8 Å². The zero-order valence-corrected chi connectivity index (χ0v) is 15.9. The average Bonchev–Trinajstić information content (AvgIpc) is 3.10. The Hall–Kier alpha value is -2.09. The molecule has 142 valence electrons. The van der Waals surface area contributed by atoms with Gasteiger partial charge < -0.3 is 5.32 Å². The molecule has 0 aliphatic rings. The summed E-state index contributed by atoms with van der Waals surface area (Å²) in [7, 11) is -2.01. The molecule has 0 unspecified atom stereocenters. The van der Waals surface area contributed by atoms with E-state index in [1.165, 1.54) is 19.2 Å². The molecule has 13 heteroatoms. The van der Waals surface area contributed by atoms with Gasteiger partial charge in [0.15, 0.2) is 12.9 Å². The highest BCUT2D eigenvalue weighted by Crippen LogP contribution is 2.24. The van der Waals surface area contributed by atoms with Gasteiger partial charge >= 0.3 is 0 Å². The zero-order valence-electron chi connectivity index (χ0n) is 14.5. The Bertz CT molecular complexity index is 925. The first-order valence-electron chi connectivity index (χ1n) is 7.68. The number of sulfonamides is 1. The standard InChI is InChI=1S/C13H16BrFN6O4S/c1-17-26(23,24)6-2-5-18-13-11(19-25-20-13)12(16)21(22)8-3-4-10(15)9(14)7-8/h3-4,7,16-17,22H,2,5-6H2,1H3,(H,18,20)/b16-12-. The van der Waals surface area contributed by atoms with Crippen LogP contribution in [0.4, 0.5) is 15.9 Å². The predicted molar refractivity (Wildman–Crippen MR) is 95.4 cm³/mol. The molecule has 1 aromatic carbocycles. The third-order valence-electron chi connectivity index (χ3n) is 3.24. The summed E-state index contributed by atoms with van der Waals surface area (Å²) in [6.45, 7) is 0.209. The third-order valence-corrected chi connectivity index (χ3v) is 5.30. The van der Waals surface area contributed by atoms with Crippen molar-refractivity contribution in [1.82, 2.24) is 15.0 Å². The van der Waals surface area contributed by atoms with Gasteiger partial charge in [0.2, 0.25) is 15.8 Å². The Morgan fingerprint density at radius 1 is 1.54 bits per heavy atom. The SMILES string of the molecule is [H]/N=C(/c1nonc1NCCCS(=O)(=O)NC)N(O)c1ccc(F)c(Br)c1. The van der Waals surface area contributed by atoms with Crippen molar-refractivity contribution in [1.29, 1.82) is 5.40 Å². The van der Waals surface area contributed by atoms with E-state index in [1.807, 2.05) is 0 Å². The van der Waals surface area contributed by atoms with Crippen molar-refractivity contribution < 1.29 is 24.1 Å². The summed E-state index contributed by atoms with van der Waals surface area (Å²) in [4.78, 5) is 0. The second-order valence-corrected chi connectivity index (χ2v) is 7.90. The van der Waals surface area contributed by atoms with E-state index in [2.05, 4.69) is 46.3 Å². The van der Waals surface area contributed by atoms with E-state index in [0.29, 0.717) is 5.06 Å². The van der Waals surface area contributed by atoms with Gasteiger partial charge in [0.25, 0.3) is 0 Å². The predicted octanol–water partition coefficient (Wildman–Crippen LogP) is 1.54. The molecule has 0 atom stereocenters. The molecule has 0 saturated heterocycles. The smallest absolute Gasteiger partial charge is 0.211 e. The van der Waals surface area contributed by atoms with E-state index in [0.717, 1.165) is 6.07 Å². The Balaban J connectivity index is 2.12. The molecule has 0 amide bonds. The van der Waals surface area contributed by atoms with Crippen LogP contribution in [-0.4, -0.2) is 49.1 Å². The number of rotatable bonds is 8. The Morgan fingerprint density at radius 2 is 2.31 bits per heavy atom. The Labute approximate surface area is 158 Å². The number of hydroxylamine groups is 1. The van der Waals surface area contributed by atoms with Crippen LogP contribution >= 0.6 is 15.9 Å².